The Hall–Kier alpha value is -3.54. The quantitative estimate of drug-likeness (QED) is 0.375. The number of morpholine rings is 1. The number of carbonyl (C=O) groups excluding carboxylic acids is 2. The Labute approximate surface area is 256 Å². The second-order valence-electron chi connectivity index (χ2n) is 11.6. The fraction of sp³-hybridized carbons (Fsp3) is 0.516. The maximum Gasteiger partial charge on any atom is 0.246 e. The Balaban J connectivity index is 0.978. The van der Waals surface area contributed by atoms with Gasteiger partial charge in [0.15, 0.2) is 0 Å². The van der Waals surface area contributed by atoms with Crippen LogP contribution in [0, 0.1) is 5.92 Å². The van der Waals surface area contributed by atoms with Crippen LogP contribution in [-0.4, -0.2) is 99.2 Å². The fourth-order valence-electron chi connectivity index (χ4n) is 6.25. The summed E-state index contributed by atoms with van der Waals surface area (Å²) in [6.07, 6.45) is 14.0. The Morgan fingerprint density at radius 2 is 1.86 bits per heavy atom. The smallest absolute Gasteiger partial charge is 0.246 e. The summed E-state index contributed by atoms with van der Waals surface area (Å²) < 4.78 is 7.16. The van der Waals surface area contributed by atoms with Crippen LogP contribution in [0.25, 0.3) is 16.8 Å². The van der Waals surface area contributed by atoms with Crippen molar-refractivity contribution in [3.63, 3.8) is 0 Å². The molecule has 2 amide bonds. The van der Waals surface area contributed by atoms with Gasteiger partial charge in [0.1, 0.15) is 0 Å². The maximum atomic E-state index is 13.2. The lowest BCUT2D eigenvalue weighted by Gasteiger charge is -2.34. The molecule has 6 rings (SSSR count). The van der Waals surface area contributed by atoms with E-state index in [2.05, 4.69) is 25.6 Å². The Morgan fingerprint density at radius 3 is 2.70 bits per heavy atom. The number of carbonyl (C=O) groups is 2. The molecule has 5 heterocycles. The first-order chi connectivity index (χ1) is 21.0. The molecule has 1 saturated carbocycles. The summed E-state index contributed by atoms with van der Waals surface area (Å²) in [5.41, 5.74) is 2.41. The van der Waals surface area contributed by atoms with Crippen molar-refractivity contribution in [2.75, 3.05) is 51.3 Å². The first-order valence-electron chi connectivity index (χ1n) is 15.3. The van der Waals surface area contributed by atoms with Crippen LogP contribution in [0.3, 0.4) is 0 Å². The number of anilines is 1. The van der Waals surface area contributed by atoms with Crippen LogP contribution in [0.15, 0.2) is 48.9 Å². The van der Waals surface area contributed by atoms with Gasteiger partial charge in [-0.25, -0.2) is 14.5 Å². The Morgan fingerprint density at radius 1 is 1.05 bits per heavy atom. The topological polar surface area (TPSA) is 117 Å². The molecule has 3 aromatic rings. The van der Waals surface area contributed by atoms with Gasteiger partial charge in [-0.2, -0.15) is 5.10 Å². The molecular formula is C31H39ClN8O3. The van der Waals surface area contributed by atoms with Crippen LogP contribution in [0.1, 0.15) is 38.5 Å². The van der Waals surface area contributed by atoms with Gasteiger partial charge in [-0.15, -0.1) is 0 Å². The highest BCUT2D eigenvalue weighted by atomic mass is 35.5. The molecule has 0 bridgehead atoms. The average molecular weight is 607 g/mol. The third kappa shape index (κ3) is 7.34. The molecule has 0 aromatic carbocycles. The van der Waals surface area contributed by atoms with Crippen LogP contribution in [-0.2, 0) is 14.3 Å². The Bertz CT molecular complexity index is 1450. The molecule has 0 radical (unpaired) electrons. The lowest BCUT2D eigenvalue weighted by atomic mass is 9.89. The lowest BCUT2D eigenvalue weighted by molar-refractivity contribution is -0.132. The van der Waals surface area contributed by atoms with Gasteiger partial charge in [-0.3, -0.25) is 14.5 Å². The number of nitrogens with one attached hydrogen (secondary N) is 2. The normalized spacial score (nSPS) is 22.2. The van der Waals surface area contributed by atoms with E-state index >= 15 is 0 Å². The minimum absolute atomic E-state index is 0.0301. The van der Waals surface area contributed by atoms with Crippen molar-refractivity contribution in [1.29, 1.82) is 0 Å². The van der Waals surface area contributed by atoms with Crippen LogP contribution in [0.4, 0.5) is 5.95 Å². The number of ether oxygens (including phenoxy) is 1. The summed E-state index contributed by atoms with van der Waals surface area (Å²) in [4.78, 5) is 39.1. The van der Waals surface area contributed by atoms with Crippen molar-refractivity contribution in [2.45, 2.75) is 50.6 Å². The second kappa shape index (κ2) is 13.8. The highest BCUT2D eigenvalue weighted by Crippen LogP contribution is 2.30. The first-order valence-corrected chi connectivity index (χ1v) is 15.7. The van der Waals surface area contributed by atoms with E-state index < -0.39 is 0 Å². The molecule has 0 spiro atoms. The van der Waals surface area contributed by atoms with E-state index in [4.69, 9.17) is 21.3 Å². The zero-order valence-electron chi connectivity index (χ0n) is 24.3. The third-order valence-electron chi connectivity index (χ3n) is 8.68. The van der Waals surface area contributed by atoms with Gasteiger partial charge >= 0.3 is 0 Å². The standard InChI is InChI=1S/C31H39ClN8O3/c32-26-21-33-31(37-29(26)25-20-34-40-12-2-1-7-27(25)40)36-24-6-3-5-23(19-24)35-30(42)22-9-13-39(14-10-22)28(41)8-4-11-38-15-17-43-18-16-38/h1-2,4,7-8,12,20-24H,3,5-6,9-11,13-19H2,(H,35,42)(H,33,36,37)/b8-4+/t23-,24+/m0/s1. The summed E-state index contributed by atoms with van der Waals surface area (Å²) in [6.45, 7) is 5.27. The molecule has 2 N–H and O–H groups in total. The summed E-state index contributed by atoms with van der Waals surface area (Å²) in [7, 11) is 0. The molecule has 0 unspecified atom stereocenters. The van der Waals surface area contributed by atoms with Gasteiger partial charge in [0.2, 0.25) is 17.8 Å². The number of piperidine rings is 1. The van der Waals surface area contributed by atoms with E-state index in [-0.39, 0.29) is 29.8 Å². The highest BCUT2D eigenvalue weighted by Gasteiger charge is 2.30. The molecule has 2 saturated heterocycles. The molecule has 3 aliphatic rings. The SMILES string of the molecule is O=C(N[C@H]1CCC[C@@H](Nc2ncc(Cl)c(-c3cnn4ccccc34)n2)C1)C1CCN(C(=O)/C=C/CN2CCOCC2)CC1. The number of nitrogens with zero attached hydrogens (tertiary/aromatic N) is 6. The van der Waals surface area contributed by atoms with Crippen LogP contribution < -0.4 is 10.6 Å². The average Bonchev–Trinajstić information content (AvgIpc) is 3.47. The predicted octanol–water partition coefficient (Wildman–Crippen LogP) is 3.41. The molecule has 43 heavy (non-hydrogen) atoms. The van der Waals surface area contributed by atoms with Crippen LogP contribution in [0.2, 0.25) is 5.02 Å². The van der Waals surface area contributed by atoms with Crippen molar-refractivity contribution in [1.82, 2.24) is 34.7 Å². The minimum atomic E-state index is -0.0669. The van der Waals surface area contributed by atoms with E-state index in [1.165, 1.54) is 0 Å². The van der Waals surface area contributed by atoms with E-state index in [0.717, 1.165) is 69.6 Å². The minimum Gasteiger partial charge on any atom is -0.379 e. The second-order valence-corrected chi connectivity index (χ2v) is 12.0. The molecule has 1 aliphatic carbocycles. The summed E-state index contributed by atoms with van der Waals surface area (Å²) >= 11 is 6.50. The van der Waals surface area contributed by atoms with Gasteiger partial charge < -0.3 is 20.3 Å². The van der Waals surface area contributed by atoms with Crippen molar-refractivity contribution >= 4 is 34.9 Å². The maximum absolute atomic E-state index is 13.2. The van der Waals surface area contributed by atoms with Crippen molar-refractivity contribution in [2.24, 2.45) is 5.92 Å². The number of halogens is 1. The Kier molecular flexibility index (Phi) is 9.50. The third-order valence-corrected chi connectivity index (χ3v) is 8.96. The van der Waals surface area contributed by atoms with E-state index in [1.807, 2.05) is 35.4 Å². The number of likely N-dealkylation sites (tertiary alicyclic amines) is 1. The first kappa shape index (κ1) is 29.5. The van der Waals surface area contributed by atoms with E-state index in [0.29, 0.717) is 42.6 Å². The fourth-order valence-corrected chi connectivity index (χ4v) is 6.44. The van der Waals surface area contributed by atoms with Gasteiger partial charge in [0, 0.05) is 68.6 Å². The van der Waals surface area contributed by atoms with Gasteiger partial charge in [-0.1, -0.05) is 23.7 Å². The largest absolute Gasteiger partial charge is 0.379 e. The van der Waals surface area contributed by atoms with Gasteiger partial charge in [-0.05, 0) is 50.7 Å². The molecule has 3 aromatic heterocycles. The molecule has 3 fully saturated rings. The van der Waals surface area contributed by atoms with Crippen LogP contribution >= 0.6 is 11.6 Å². The number of hydrogen-bond acceptors (Lipinski definition) is 8. The predicted molar refractivity (Wildman–Crippen MR) is 165 cm³/mol. The highest BCUT2D eigenvalue weighted by molar-refractivity contribution is 6.33. The monoisotopic (exact) mass is 606 g/mol. The van der Waals surface area contributed by atoms with Gasteiger partial charge in [0.25, 0.3) is 0 Å². The molecule has 228 valence electrons. The number of hydrogen-bond donors (Lipinski definition) is 2. The molecule has 2 aliphatic heterocycles. The number of fused-ring (bicyclic) bond motifs is 1. The summed E-state index contributed by atoms with van der Waals surface area (Å²) in [5, 5.41) is 11.7. The molecule has 12 heteroatoms. The number of amides is 2. The van der Waals surface area contributed by atoms with Crippen molar-refractivity contribution in [3.8, 4) is 11.3 Å². The number of aromatic nitrogens is 4. The van der Waals surface area contributed by atoms with Crippen LogP contribution in [0.5, 0.6) is 0 Å². The van der Waals surface area contributed by atoms with Crippen molar-refractivity contribution in [3.05, 3.63) is 54.0 Å². The van der Waals surface area contributed by atoms with Gasteiger partial charge in [0.05, 0.1) is 41.8 Å². The summed E-state index contributed by atoms with van der Waals surface area (Å²) in [6, 6.07) is 6.09. The number of pyridine rings is 1. The molecular weight excluding hydrogens is 568 g/mol. The number of rotatable bonds is 8. The van der Waals surface area contributed by atoms with Crippen molar-refractivity contribution < 1.29 is 14.3 Å². The van der Waals surface area contributed by atoms with E-state index in [9.17, 15) is 9.59 Å². The molecule has 2 atom stereocenters. The van der Waals surface area contributed by atoms with E-state index in [1.54, 1.807) is 23.0 Å². The summed E-state index contributed by atoms with van der Waals surface area (Å²) in [5.74, 6) is 0.576. The molecule has 11 nitrogen and oxygen atoms in total. The zero-order valence-corrected chi connectivity index (χ0v) is 25.1. The zero-order chi connectivity index (χ0) is 29.6. The lowest BCUT2D eigenvalue weighted by Crippen LogP contribution is -2.47.